The molecule has 1 heterocycles. The fraction of sp³-hybridized carbons (Fsp3) is 0.200. The van der Waals surface area contributed by atoms with Gasteiger partial charge in [0.15, 0.2) is 29.1 Å². The average molecular weight is 419 g/mol. The highest BCUT2D eigenvalue weighted by molar-refractivity contribution is 14.1. The second-order valence-electron chi connectivity index (χ2n) is 4.80. The number of hydrogen-bond donors (Lipinski definition) is 2. The summed E-state index contributed by atoms with van der Waals surface area (Å²) in [6, 6.07) is 10.4. The number of phenols is 1. The third-order valence-electron chi connectivity index (χ3n) is 3.50. The highest BCUT2D eigenvalue weighted by Gasteiger charge is 2.33. The van der Waals surface area contributed by atoms with E-state index < -0.39 is 12.2 Å². The quantitative estimate of drug-likeness (QED) is 0.728. The average Bonchev–Trinajstić information content (AvgIpc) is 2.49. The fourth-order valence-electron chi connectivity index (χ4n) is 2.49. The number of fused-ring (bicyclic) bond motifs is 1. The summed E-state index contributed by atoms with van der Waals surface area (Å²) in [6.45, 7) is 0. The van der Waals surface area contributed by atoms with Gasteiger partial charge in [-0.15, -0.1) is 0 Å². The van der Waals surface area contributed by atoms with Crippen LogP contribution in [0.15, 0.2) is 36.4 Å². The van der Waals surface area contributed by atoms with Gasteiger partial charge in [0.1, 0.15) is 17.2 Å². The zero-order valence-corrected chi connectivity index (χ0v) is 13.7. The summed E-state index contributed by atoms with van der Waals surface area (Å²) in [5.74, 6) is 1.30. The Hall–Kier alpha value is -1.18. The lowest BCUT2D eigenvalue weighted by Gasteiger charge is -2.32. The molecule has 1 aliphatic heterocycles. The molecule has 0 fully saturated rings. The Morgan fingerprint density at radius 3 is 2.76 bits per heavy atom. The van der Waals surface area contributed by atoms with Crippen LogP contribution in [0.1, 0.15) is 17.2 Å². The van der Waals surface area contributed by atoms with Gasteiger partial charge in [-0.25, -0.2) is 0 Å². The maximum atomic E-state index is 10.4. The number of benzene rings is 2. The Kier molecular flexibility index (Phi) is 4.14. The Morgan fingerprint density at radius 2 is 2.00 bits per heavy atom. The Morgan fingerprint density at radius 1 is 1.24 bits per heavy atom. The summed E-state index contributed by atoms with van der Waals surface area (Å²) in [4.78, 5) is 0. The maximum Gasteiger partial charge on any atom is 0.192 e. The van der Waals surface area contributed by atoms with Gasteiger partial charge < -0.3 is 18.0 Å². The predicted molar refractivity (Wildman–Crippen MR) is 87.3 cm³/mol. The first-order chi connectivity index (χ1) is 10.1. The molecule has 2 N–H and O–H groups in total. The molecule has 0 bridgehead atoms. The molecule has 2 aromatic rings. The number of aliphatic hydroxyl groups is 1. The van der Waals surface area contributed by atoms with E-state index in [2.05, 4.69) is 0 Å². The van der Waals surface area contributed by atoms with Gasteiger partial charge in [-0.05, 0) is 18.2 Å². The summed E-state index contributed by atoms with van der Waals surface area (Å²) in [5.41, 5.74) is 1.39. The van der Waals surface area contributed by atoms with E-state index in [1.807, 2.05) is 18.2 Å². The number of aromatic hydroxyl groups is 1. The summed E-state index contributed by atoms with van der Waals surface area (Å²) in [7, 11) is 0. The Bertz CT molecular complexity index is 677. The molecule has 2 aromatic carbocycles. The second-order valence-corrected chi connectivity index (χ2v) is 5.62. The first kappa shape index (κ1) is 14.7. The predicted octanol–water partition coefficient (Wildman–Crippen LogP) is 3.81. The van der Waals surface area contributed by atoms with E-state index in [0.717, 1.165) is 5.56 Å². The summed E-state index contributed by atoms with van der Waals surface area (Å²) >= 11 is 7.91. The van der Waals surface area contributed by atoms with Crippen LogP contribution in [0.5, 0.6) is 17.2 Å². The third kappa shape index (κ3) is 2.65. The standard InChI is InChI=1S/C15H12ClIO4/c16-14-8(3-1-4-10(14)18)15-11(19)7-9-12(20-15)5-2-6-13(9)21-17/h1-6,11,15,18-19H,7H2. The lowest BCUT2D eigenvalue weighted by atomic mass is 9.94. The van der Waals surface area contributed by atoms with Crippen molar-refractivity contribution in [2.75, 3.05) is 0 Å². The number of hydrogen-bond acceptors (Lipinski definition) is 4. The summed E-state index contributed by atoms with van der Waals surface area (Å²) < 4.78 is 11.1. The van der Waals surface area contributed by atoms with Crippen LogP contribution in [0.4, 0.5) is 0 Å². The van der Waals surface area contributed by atoms with Crippen molar-refractivity contribution in [3.63, 3.8) is 0 Å². The topological polar surface area (TPSA) is 58.9 Å². The highest BCUT2D eigenvalue weighted by Crippen LogP contribution is 2.42. The SMILES string of the molecule is Oc1cccc(C2Oc3cccc(OI)c3CC2O)c1Cl. The van der Waals surface area contributed by atoms with E-state index in [-0.39, 0.29) is 10.8 Å². The molecule has 0 aromatic heterocycles. The molecule has 0 saturated heterocycles. The lowest BCUT2D eigenvalue weighted by molar-refractivity contribution is 0.0204. The molecular formula is C15H12ClIO4. The molecule has 3 rings (SSSR count). The van der Waals surface area contributed by atoms with E-state index in [0.29, 0.717) is 23.5 Å². The second kappa shape index (κ2) is 5.90. The van der Waals surface area contributed by atoms with Crippen molar-refractivity contribution >= 4 is 34.6 Å². The molecule has 6 heteroatoms. The monoisotopic (exact) mass is 418 g/mol. The first-order valence-corrected chi connectivity index (χ1v) is 7.60. The van der Waals surface area contributed by atoms with Crippen molar-refractivity contribution in [3.05, 3.63) is 52.5 Å². The normalized spacial score (nSPS) is 20.5. The van der Waals surface area contributed by atoms with Crippen LogP contribution in [0, 0.1) is 0 Å². The minimum Gasteiger partial charge on any atom is -0.506 e. The van der Waals surface area contributed by atoms with Gasteiger partial charge in [0.05, 0.1) is 11.1 Å². The van der Waals surface area contributed by atoms with Gasteiger partial charge in [0, 0.05) is 17.5 Å². The van der Waals surface area contributed by atoms with Crippen LogP contribution in [0.2, 0.25) is 5.02 Å². The van der Waals surface area contributed by atoms with Crippen LogP contribution in [0.3, 0.4) is 0 Å². The minimum atomic E-state index is -0.774. The van der Waals surface area contributed by atoms with E-state index in [1.165, 1.54) is 6.07 Å². The molecule has 1 aliphatic rings. The van der Waals surface area contributed by atoms with Gasteiger partial charge in [-0.2, -0.15) is 0 Å². The van der Waals surface area contributed by atoms with Crippen LogP contribution in [0.25, 0.3) is 0 Å². The smallest absolute Gasteiger partial charge is 0.192 e. The van der Waals surface area contributed by atoms with Gasteiger partial charge in [0.2, 0.25) is 0 Å². The molecule has 0 spiro atoms. The minimum absolute atomic E-state index is 0.0277. The van der Waals surface area contributed by atoms with Gasteiger partial charge in [0.25, 0.3) is 0 Å². The molecule has 2 unspecified atom stereocenters. The van der Waals surface area contributed by atoms with Crippen molar-refractivity contribution < 1.29 is 18.0 Å². The van der Waals surface area contributed by atoms with Crippen molar-refractivity contribution in [2.24, 2.45) is 0 Å². The molecule has 0 radical (unpaired) electrons. The zero-order chi connectivity index (χ0) is 15.0. The molecule has 110 valence electrons. The van der Waals surface area contributed by atoms with E-state index in [1.54, 1.807) is 35.1 Å². The highest BCUT2D eigenvalue weighted by atomic mass is 127. The third-order valence-corrected chi connectivity index (χ3v) is 4.39. The van der Waals surface area contributed by atoms with Crippen molar-refractivity contribution in [1.29, 1.82) is 0 Å². The Labute approximate surface area is 141 Å². The number of halogens is 2. The van der Waals surface area contributed by atoms with Crippen molar-refractivity contribution in [1.82, 2.24) is 0 Å². The fourth-order valence-corrected chi connectivity index (χ4v) is 3.13. The number of phenolic OH excluding ortho intramolecular Hbond substituents is 1. The van der Waals surface area contributed by atoms with E-state index in [9.17, 15) is 10.2 Å². The molecular weight excluding hydrogens is 407 g/mol. The van der Waals surface area contributed by atoms with Crippen molar-refractivity contribution in [2.45, 2.75) is 18.6 Å². The number of rotatable bonds is 2. The number of ether oxygens (including phenoxy) is 1. The van der Waals surface area contributed by atoms with Gasteiger partial charge >= 0.3 is 0 Å². The molecule has 0 amide bonds. The first-order valence-electron chi connectivity index (χ1n) is 6.34. The van der Waals surface area contributed by atoms with Gasteiger partial charge in [-0.1, -0.05) is 29.8 Å². The van der Waals surface area contributed by atoms with Crippen LogP contribution >= 0.6 is 34.6 Å². The molecule has 4 nitrogen and oxygen atoms in total. The van der Waals surface area contributed by atoms with Crippen molar-refractivity contribution in [3.8, 4) is 17.2 Å². The van der Waals surface area contributed by atoms with Crippen LogP contribution in [-0.4, -0.2) is 16.3 Å². The van der Waals surface area contributed by atoms with E-state index in [4.69, 9.17) is 19.4 Å². The van der Waals surface area contributed by atoms with E-state index >= 15 is 0 Å². The van der Waals surface area contributed by atoms with Gasteiger partial charge in [-0.3, -0.25) is 0 Å². The number of aliphatic hydroxyl groups excluding tert-OH is 1. The van der Waals surface area contributed by atoms with Crippen LogP contribution in [-0.2, 0) is 6.42 Å². The lowest BCUT2D eigenvalue weighted by Crippen LogP contribution is -2.30. The maximum absolute atomic E-state index is 10.4. The molecule has 21 heavy (non-hydrogen) atoms. The largest absolute Gasteiger partial charge is 0.506 e. The Balaban J connectivity index is 2.01. The molecule has 0 saturated carbocycles. The molecule has 0 aliphatic carbocycles. The summed E-state index contributed by atoms with van der Waals surface area (Å²) in [6.07, 6.45) is -1.00. The zero-order valence-electron chi connectivity index (χ0n) is 10.8. The van der Waals surface area contributed by atoms with Crippen LogP contribution < -0.4 is 7.80 Å². The molecule has 2 atom stereocenters. The summed E-state index contributed by atoms with van der Waals surface area (Å²) in [5, 5.41) is 20.3.